The van der Waals surface area contributed by atoms with Crippen LogP contribution in [-0.4, -0.2) is 40.0 Å². The molecule has 2 aromatic rings. The summed E-state index contributed by atoms with van der Waals surface area (Å²) < 4.78 is 3.76. The van der Waals surface area contributed by atoms with Gasteiger partial charge in [-0.15, -0.1) is 5.10 Å². The Hall–Kier alpha value is -1.79. The number of likely N-dealkylation sites (tertiary alicyclic amines) is 1. The van der Waals surface area contributed by atoms with Crippen LogP contribution >= 0.6 is 11.5 Å². The van der Waals surface area contributed by atoms with E-state index in [0.29, 0.717) is 18.2 Å². The summed E-state index contributed by atoms with van der Waals surface area (Å²) in [6, 6.07) is 9.06. The van der Waals surface area contributed by atoms with Crippen LogP contribution in [0.15, 0.2) is 29.6 Å². The van der Waals surface area contributed by atoms with E-state index in [1.165, 1.54) is 41.9 Å². The lowest BCUT2D eigenvalue weighted by atomic mass is 9.97. The molecule has 134 valence electrons. The molecule has 0 bridgehead atoms. The number of benzene rings is 1. The van der Waals surface area contributed by atoms with Gasteiger partial charge in [0.1, 0.15) is 0 Å². The zero-order valence-corrected chi connectivity index (χ0v) is 15.8. The summed E-state index contributed by atoms with van der Waals surface area (Å²) in [5.41, 5.74) is 3.01. The maximum atomic E-state index is 12.2. The molecule has 1 aromatic heterocycles. The average molecular weight is 359 g/mol. The molecule has 1 N–H and O–H groups in total. The topological polar surface area (TPSA) is 58.1 Å². The Balaban J connectivity index is 1.73. The van der Waals surface area contributed by atoms with Crippen molar-refractivity contribution in [1.29, 1.82) is 0 Å². The van der Waals surface area contributed by atoms with Crippen LogP contribution in [0.5, 0.6) is 0 Å². The number of hydrogen-bond acceptors (Lipinski definition) is 5. The van der Waals surface area contributed by atoms with Gasteiger partial charge in [-0.1, -0.05) is 49.0 Å². The van der Waals surface area contributed by atoms with Crippen molar-refractivity contribution in [2.45, 2.75) is 45.1 Å². The van der Waals surface area contributed by atoms with E-state index in [2.05, 4.69) is 57.9 Å². The molecule has 1 amide bonds. The highest BCUT2D eigenvalue weighted by Gasteiger charge is 2.23. The molecule has 1 aliphatic rings. The molecule has 0 radical (unpaired) electrons. The van der Waals surface area contributed by atoms with E-state index in [4.69, 9.17) is 0 Å². The second-order valence-corrected chi connectivity index (χ2v) is 7.54. The van der Waals surface area contributed by atoms with Crippen LogP contribution in [-0.2, 0) is 0 Å². The predicted octanol–water partition coefficient (Wildman–Crippen LogP) is 3.62. The predicted molar refractivity (Wildman–Crippen MR) is 101 cm³/mol. The molecule has 5 nitrogen and oxygen atoms in total. The SMILES string of the molecule is CC(C)c1ccc([C@@H](CNC(=O)c2csnn2)N2CCCCC2)cc1. The molecular weight excluding hydrogens is 332 g/mol. The monoisotopic (exact) mass is 358 g/mol. The van der Waals surface area contributed by atoms with Crippen molar-refractivity contribution in [3.63, 3.8) is 0 Å². The summed E-state index contributed by atoms with van der Waals surface area (Å²) >= 11 is 1.20. The van der Waals surface area contributed by atoms with E-state index in [0.717, 1.165) is 13.1 Å². The van der Waals surface area contributed by atoms with Gasteiger partial charge in [-0.3, -0.25) is 9.69 Å². The third kappa shape index (κ3) is 4.64. The quantitative estimate of drug-likeness (QED) is 0.857. The van der Waals surface area contributed by atoms with Gasteiger partial charge in [0, 0.05) is 11.9 Å². The van der Waals surface area contributed by atoms with E-state index < -0.39 is 0 Å². The van der Waals surface area contributed by atoms with Gasteiger partial charge in [-0.05, 0) is 54.5 Å². The molecule has 3 rings (SSSR count). The van der Waals surface area contributed by atoms with Gasteiger partial charge in [0.05, 0.1) is 6.04 Å². The lowest BCUT2D eigenvalue weighted by Crippen LogP contribution is -2.40. The molecule has 6 heteroatoms. The van der Waals surface area contributed by atoms with Gasteiger partial charge in [0.2, 0.25) is 0 Å². The van der Waals surface area contributed by atoms with Gasteiger partial charge in [0.15, 0.2) is 5.69 Å². The fraction of sp³-hybridized carbons (Fsp3) is 0.526. The smallest absolute Gasteiger partial charge is 0.272 e. The minimum absolute atomic E-state index is 0.144. The Morgan fingerprint density at radius 1 is 1.16 bits per heavy atom. The van der Waals surface area contributed by atoms with E-state index in [1.807, 2.05) is 0 Å². The third-order valence-electron chi connectivity index (χ3n) is 4.87. The summed E-state index contributed by atoms with van der Waals surface area (Å²) in [7, 11) is 0. The molecular formula is C19H26N4OS. The molecule has 25 heavy (non-hydrogen) atoms. The highest BCUT2D eigenvalue weighted by atomic mass is 32.1. The number of nitrogens with one attached hydrogen (secondary N) is 1. The van der Waals surface area contributed by atoms with Crippen LogP contribution in [0.1, 0.15) is 66.7 Å². The normalized spacial score (nSPS) is 16.8. The van der Waals surface area contributed by atoms with Crippen molar-refractivity contribution in [3.8, 4) is 0 Å². The fourth-order valence-electron chi connectivity index (χ4n) is 3.33. The first kappa shape index (κ1) is 18.0. The van der Waals surface area contributed by atoms with Gasteiger partial charge < -0.3 is 5.32 Å². The average Bonchev–Trinajstić information content (AvgIpc) is 3.18. The lowest BCUT2D eigenvalue weighted by molar-refractivity contribution is 0.0919. The highest BCUT2D eigenvalue weighted by molar-refractivity contribution is 7.03. The van der Waals surface area contributed by atoms with Crippen molar-refractivity contribution in [2.24, 2.45) is 0 Å². The Morgan fingerprint density at radius 3 is 2.44 bits per heavy atom. The maximum Gasteiger partial charge on any atom is 0.272 e. The molecule has 1 aliphatic heterocycles. The molecule has 0 unspecified atom stereocenters. The van der Waals surface area contributed by atoms with Crippen LogP contribution in [0.3, 0.4) is 0 Å². The third-order valence-corrected chi connectivity index (χ3v) is 5.37. The Kier molecular flexibility index (Phi) is 6.15. The molecule has 1 atom stereocenters. The van der Waals surface area contributed by atoms with Gasteiger partial charge in [-0.25, -0.2) is 0 Å². The second-order valence-electron chi connectivity index (χ2n) is 6.93. The fourth-order valence-corrected chi connectivity index (χ4v) is 3.77. The maximum absolute atomic E-state index is 12.2. The number of rotatable bonds is 6. The molecule has 1 saturated heterocycles. The van der Waals surface area contributed by atoms with Gasteiger partial charge in [0.25, 0.3) is 5.91 Å². The summed E-state index contributed by atoms with van der Waals surface area (Å²) in [5, 5.41) is 8.58. The van der Waals surface area contributed by atoms with Gasteiger partial charge >= 0.3 is 0 Å². The molecule has 2 heterocycles. The lowest BCUT2D eigenvalue weighted by Gasteiger charge is -2.35. The van der Waals surface area contributed by atoms with Crippen molar-refractivity contribution < 1.29 is 4.79 Å². The largest absolute Gasteiger partial charge is 0.349 e. The first-order chi connectivity index (χ1) is 12.1. The number of carbonyl (C=O) groups excluding carboxylic acids is 1. The van der Waals surface area contributed by atoms with Crippen LogP contribution in [0.25, 0.3) is 0 Å². The second kappa shape index (κ2) is 8.54. The Bertz CT molecular complexity index is 663. The minimum atomic E-state index is -0.144. The zero-order valence-electron chi connectivity index (χ0n) is 14.9. The summed E-state index contributed by atoms with van der Waals surface area (Å²) in [4.78, 5) is 14.7. The van der Waals surface area contributed by atoms with Crippen LogP contribution in [0.2, 0.25) is 0 Å². The Labute approximate surface area is 153 Å². The minimum Gasteiger partial charge on any atom is -0.349 e. The number of aromatic nitrogens is 2. The van der Waals surface area contributed by atoms with Crippen LogP contribution < -0.4 is 5.32 Å². The zero-order chi connectivity index (χ0) is 17.6. The van der Waals surface area contributed by atoms with Crippen molar-refractivity contribution in [3.05, 3.63) is 46.5 Å². The highest BCUT2D eigenvalue weighted by Crippen LogP contribution is 2.26. The number of nitrogens with zero attached hydrogens (tertiary/aromatic N) is 3. The molecule has 0 saturated carbocycles. The summed E-state index contributed by atoms with van der Waals surface area (Å²) in [5.74, 6) is 0.383. The number of piperidine rings is 1. The number of hydrogen-bond donors (Lipinski definition) is 1. The summed E-state index contributed by atoms with van der Waals surface area (Å²) in [6.45, 7) is 7.19. The standard InChI is InChI=1S/C19H26N4OS/c1-14(2)15-6-8-16(9-7-15)18(23-10-4-3-5-11-23)12-20-19(24)17-13-25-22-21-17/h6-9,13-14,18H,3-5,10-12H2,1-2H3,(H,20,24)/t18-/m1/s1. The first-order valence-corrected chi connectivity index (χ1v) is 9.88. The van der Waals surface area contributed by atoms with E-state index in [1.54, 1.807) is 5.38 Å². The summed E-state index contributed by atoms with van der Waals surface area (Å²) in [6.07, 6.45) is 3.75. The van der Waals surface area contributed by atoms with Crippen molar-refractivity contribution in [1.82, 2.24) is 19.8 Å². The van der Waals surface area contributed by atoms with Crippen molar-refractivity contribution in [2.75, 3.05) is 19.6 Å². The molecule has 0 aliphatic carbocycles. The Morgan fingerprint density at radius 2 is 1.84 bits per heavy atom. The first-order valence-electron chi connectivity index (χ1n) is 9.04. The van der Waals surface area contributed by atoms with Crippen LogP contribution in [0.4, 0.5) is 0 Å². The molecule has 0 spiro atoms. The van der Waals surface area contributed by atoms with Crippen LogP contribution in [0, 0.1) is 0 Å². The van der Waals surface area contributed by atoms with E-state index in [9.17, 15) is 4.79 Å². The van der Waals surface area contributed by atoms with Gasteiger partial charge in [-0.2, -0.15) is 0 Å². The van der Waals surface area contributed by atoms with Crippen molar-refractivity contribution >= 4 is 17.4 Å². The number of amides is 1. The van der Waals surface area contributed by atoms with E-state index in [-0.39, 0.29) is 11.9 Å². The molecule has 1 aromatic carbocycles. The van der Waals surface area contributed by atoms with E-state index >= 15 is 0 Å². The number of carbonyl (C=O) groups is 1. The molecule has 1 fully saturated rings.